The Morgan fingerprint density at radius 2 is 2.00 bits per heavy atom. The van der Waals surface area contributed by atoms with Crippen LogP contribution < -0.4 is 0 Å². The zero-order valence-corrected chi connectivity index (χ0v) is 11.2. The molecule has 0 saturated carbocycles. The van der Waals surface area contributed by atoms with Gasteiger partial charge in [-0.3, -0.25) is 0 Å². The van der Waals surface area contributed by atoms with Crippen LogP contribution >= 0.6 is 23.2 Å². The van der Waals surface area contributed by atoms with Gasteiger partial charge in [0.25, 0.3) is 0 Å². The van der Waals surface area contributed by atoms with Crippen LogP contribution in [0.2, 0.25) is 10.0 Å². The monoisotopic (exact) mass is 260 g/mol. The first-order chi connectivity index (χ1) is 7.52. The predicted molar refractivity (Wildman–Crippen MR) is 70.2 cm³/mol. The number of hydrogen-bond donors (Lipinski definition) is 1. The standard InChI is InChI=1S/C13H18Cl2O/c1-3-9(2)6-12(16)7-10-4-5-11(14)8-13(10)15/h4-5,8-9,12,16H,3,6-7H2,1-2H3. The van der Waals surface area contributed by atoms with E-state index in [0.29, 0.717) is 22.4 Å². The van der Waals surface area contributed by atoms with E-state index in [1.54, 1.807) is 12.1 Å². The lowest BCUT2D eigenvalue weighted by molar-refractivity contribution is 0.145. The molecule has 0 fully saturated rings. The van der Waals surface area contributed by atoms with E-state index in [2.05, 4.69) is 13.8 Å². The molecule has 0 aliphatic carbocycles. The third-order valence-electron chi connectivity index (χ3n) is 2.84. The molecule has 0 amide bonds. The highest BCUT2D eigenvalue weighted by Gasteiger charge is 2.11. The van der Waals surface area contributed by atoms with Crippen LogP contribution in [-0.4, -0.2) is 11.2 Å². The summed E-state index contributed by atoms with van der Waals surface area (Å²) in [6.07, 6.45) is 2.18. The average molecular weight is 261 g/mol. The Hall–Kier alpha value is -0.240. The number of aliphatic hydroxyl groups excluding tert-OH is 1. The summed E-state index contributed by atoms with van der Waals surface area (Å²) in [4.78, 5) is 0. The van der Waals surface area contributed by atoms with Gasteiger partial charge >= 0.3 is 0 Å². The molecule has 1 N–H and O–H groups in total. The molecule has 0 saturated heterocycles. The predicted octanol–water partition coefficient (Wildman–Crippen LogP) is 4.33. The van der Waals surface area contributed by atoms with Crippen LogP contribution in [0.25, 0.3) is 0 Å². The highest BCUT2D eigenvalue weighted by molar-refractivity contribution is 6.35. The molecule has 0 aliphatic rings. The first-order valence-corrected chi connectivity index (χ1v) is 6.40. The Bertz CT molecular complexity index is 339. The maximum atomic E-state index is 9.91. The Balaban J connectivity index is 2.59. The normalized spacial score (nSPS) is 14.8. The van der Waals surface area contributed by atoms with E-state index in [-0.39, 0.29) is 6.10 Å². The van der Waals surface area contributed by atoms with Gasteiger partial charge in [0.15, 0.2) is 0 Å². The van der Waals surface area contributed by atoms with E-state index in [4.69, 9.17) is 23.2 Å². The van der Waals surface area contributed by atoms with Gasteiger partial charge in [0, 0.05) is 10.0 Å². The van der Waals surface area contributed by atoms with Crippen molar-refractivity contribution in [2.24, 2.45) is 5.92 Å². The summed E-state index contributed by atoms with van der Waals surface area (Å²) in [5.74, 6) is 0.543. The number of aliphatic hydroxyl groups is 1. The van der Waals surface area contributed by atoms with Crippen molar-refractivity contribution in [3.8, 4) is 0 Å². The largest absolute Gasteiger partial charge is 0.393 e. The van der Waals surface area contributed by atoms with Crippen molar-refractivity contribution in [2.75, 3.05) is 0 Å². The fraction of sp³-hybridized carbons (Fsp3) is 0.538. The quantitative estimate of drug-likeness (QED) is 0.836. The summed E-state index contributed by atoms with van der Waals surface area (Å²) in [5, 5.41) is 11.2. The van der Waals surface area contributed by atoms with Crippen molar-refractivity contribution in [1.82, 2.24) is 0 Å². The molecule has 1 aromatic carbocycles. The minimum Gasteiger partial charge on any atom is -0.393 e. The summed E-state index contributed by atoms with van der Waals surface area (Å²) in [6, 6.07) is 5.40. The number of rotatable bonds is 5. The summed E-state index contributed by atoms with van der Waals surface area (Å²) in [7, 11) is 0. The summed E-state index contributed by atoms with van der Waals surface area (Å²) >= 11 is 11.9. The molecule has 0 heterocycles. The Morgan fingerprint density at radius 1 is 1.31 bits per heavy atom. The van der Waals surface area contributed by atoms with E-state index in [1.165, 1.54) is 0 Å². The number of hydrogen-bond acceptors (Lipinski definition) is 1. The van der Waals surface area contributed by atoms with Crippen molar-refractivity contribution in [1.29, 1.82) is 0 Å². The number of halogens is 2. The van der Waals surface area contributed by atoms with Gasteiger partial charge in [-0.2, -0.15) is 0 Å². The lowest BCUT2D eigenvalue weighted by atomic mass is 9.97. The molecule has 1 aromatic rings. The lowest BCUT2D eigenvalue weighted by Gasteiger charge is -2.15. The van der Waals surface area contributed by atoms with Crippen LogP contribution in [0, 0.1) is 5.92 Å². The van der Waals surface area contributed by atoms with Crippen LogP contribution in [0.1, 0.15) is 32.3 Å². The molecular weight excluding hydrogens is 243 g/mol. The van der Waals surface area contributed by atoms with Gasteiger partial charge in [0.2, 0.25) is 0 Å². The van der Waals surface area contributed by atoms with Crippen molar-refractivity contribution in [2.45, 2.75) is 39.2 Å². The third-order valence-corrected chi connectivity index (χ3v) is 3.43. The van der Waals surface area contributed by atoms with Crippen molar-refractivity contribution in [3.63, 3.8) is 0 Å². The fourth-order valence-electron chi connectivity index (χ4n) is 1.66. The van der Waals surface area contributed by atoms with Gasteiger partial charge in [-0.25, -0.2) is 0 Å². The van der Waals surface area contributed by atoms with E-state index in [9.17, 15) is 5.11 Å². The maximum Gasteiger partial charge on any atom is 0.0583 e. The molecule has 3 heteroatoms. The first-order valence-electron chi connectivity index (χ1n) is 5.65. The lowest BCUT2D eigenvalue weighted by Crippen LogP contribution is -2.14. The van der Waals surface area contributed by atoms with Gasteiger partial charge in [0.05, 0.1) is 6.10 Å². The van der Waals surface area contributed by atoms with E-state index >= 15 is 0 Å². The second-order valence-electron chi connectivity index (χ2n) is 4.34. The molecule has 0 aliphatic heterocycles. The smallest absolute Gasteiger partial charge is 0.0583 e. The Kier molecular flexibility index (Phi) is 5.60. The van der Waals surface area contributed by atoms with E-state index < -0.39 is 0 Å². The third kappa shape index (κ3) is 4.32. The van der Waals surface area contributed by atoms with Gasteiger partial charge < -0.3 is 5.11 Å². The highest BCUT2D eigenvalue weighted by Crippen LogP contribution is 2.23. The SMILES string of the molecule is CCC(C)CC(O)Cc1ccc(Cl)cc1Cl. The molecule has 2 unspecified atom stereocenters. The number of benzene rings is 1. The van der Waals surface area contributed by atoms with Crippen LogP contribution in [0.3, 0.4) is 0 Å². The Labute approximate surface area is 107 Å². The molecule has 0 radical (unpaired) electrons. The minimum atomic E-state index is -0.325. The van der Waals surface area contributed by atoms with Gasteiger partial charge in [0.1, 0.15) is 0 Å². The molecule has 1 nitrogen and oxygen atoms in total. The molecule has 1 rings (SSSR count). The van der Waals surface area contributed by atoms with Gasteiger partial charge in [-0.15, -0.1) is 0 Å². The molecule has 0 spiro atoms. The van der Waals surface area contributed by atoms with Crippen molar-refractivity contribution >= 4 is 23.2 Å². The highest BCUT2D eigenvalue weighted by atomic mass is 35.5. The van der Waals surface area contributed by atoms with Crippen LogP contribution in [0.5, 0.6) is 0 Å². The van der Waals surface area contributed by atoms with Crippen LogP contribution in [0.4, 0.5) is 0 Å². The summed E-state index contributed by atoms with van der Waals surface area (Å²) in [5.41, 5.74) is 0.960. The molecule has 2 atom stereocenters. The summed E-state index contributed by atoms with van der Waals surface area (Å²) in [6.45, 7) is 4.28. The van der Waals surface area contributed by atoms with Gasteiger partial charge in [-0.05, 0) is 36.5 Å². The summed E-state index contributed by atoms with van der Waals surface area (Å²) < 4.78 is 0. The fourth-order valence-corrected chi connectivity index (χ4v) is 2.14. The van der Waals surface area contributed by atoms with Crippen LogP contribution in [-0.2, 0) is 6.42 Å². The Morgan fingerprint density at radius 3 is 2.56 bits per heavy atom. The van der Waals surface area contributed by atoms with Crippen molar-refractivity contribution < 1.29 is 5.11 Å². The minimum absolute atomic E-state index is 0.325. The topological polar surface area (TPSA) is 20.2 Å². The van der Waals surface area contributed by atoms with E-state index in [0.717, 1.165) is 18.4 Å². The second-order valence-corrected chi connectivity index (χ2v) is 5.19. The molecule has 90 valence electrons. The molecule has 0 aromatic heterocycles. The van der Waals surface area contributed by atoms with Crippen molar-refractivity contribution in [3.05, 3.63) is 33.8 Å². The van der Waals surface area contributed by atoms with Gasteiger partial charge in [-0.1, -0.05) is 49.5 Å². The zero-order chi connectivity index (χ0) is 12.1. The maximum absolute atomic E-state index is 9.91. The van der Waals surface area contributed by atoms with Crippen LogP contribution in [0.15, 0.2) is 18.2 Å². The molecule has 16 heavy (non-hydrogen) atoms. The molecular formula is C13H18Cl2O. The first kappa shape index (κ1) is 13.8. The second kappa shape index (κ2) is 6.48. The molecule has 0 bridgehead atoms. The van der Waals surface area contributed by atoms with E-state index in [1.807, 2.05) is 6.07 Å². The zero-order valence-electron chi connectivity index (χ0n) is 9.71. The average Bonchev–Trinajstić information content (AvgIpc) is 2.22.